The zero-order valence-electron chi connectivity index (χ0n) is 16.6. The number of carbonyl (C=O) groups is 2. The Morgan fingerprint density at radius 3 is 2.67 bits per heavy atom. The van der Waals surface area contributed by atoms with E-state index in [1.807, 2.05) is 36.6 Å². The summed E-state index contributed by atoms with van der Waals surface area (Å²) in [5.41, 5.74) is 2.24. The topological polar surface area (TPSA) is 61.8 Å². The molecule has 6 heteroatoms. The number of aryl methyl sites for hydroxylation is 1. The van der Waals surface area contributed by atoms with Crippen LogP contribution in [0.1, 0.15) is 39.4 Å². The normalized spacial score (nSPS) is 14.9. The van der Waals surface area contributed by atoms with E-state index in [1.54, 1.807) is 54.7 Å². The van der Waals surface area contributed by atoms with Crippen molar-refractivity contribution in [3.63, 3.8) is 0 Å². The molecule has 3 aromatic rings. The van der Waals surface area contributed by atoms with Gasteiger partial charge in [0.2, 0.25) is 11.9 Å². The third-order valence-corrected chi connectivity index (χ3v) is 5.63. The van der Waals surface area contributed by atoms with Gasteiger partial charge in [-0.2, -0.15) is 0 Å². The fourth-order valence-corrected chi connectivity index (χ4v) is 3.97. The number of ether oxygens (including phenoxy) is 3. The molecule has 0 N–H and O–H groups in total. The molecule has 0 radical (unpaired) electrons. The van der Waals surface area contributed by atoms with Gasteiger partial charge in [-0.15, -0.1) is 11.3 Å². The maximum Gasteiger partial charge on any atom is 0.352 e. The number of benzene rings is 2. The molecule has 0 fully saturated rings. The maximum absolute atomic E-state index is 12.7. The molecule has 0 aliphatic carbocycles. The Labute approximate surface area is 178 Å². The first-order chi connectivity index (χ1) is 14.6. The van der Waals surface area contributed by atoms with Crippen LogP contribution >= 0.6 is 11.3 Å². The molecule has 2 heterocycles. The van der Waals surface area contributed by atoms with Crippen LogP contribution in [0.2, 0.25) is 0 Å². The molecule has 0 saturated heterocycles. The number of Topliss-reactive ketones (excluding diaryl/α,β-unsaturated/α-hetero) is 1. The van der Waals surface area contributed by atoms with Crippen molar-refractivity contribution in [2.45, 2.75) is 20.0 Å². The van der Waals surface area contributed by atoms with E-state index in [9.17, 15) is 9.59 Å². The number of allylic oxidation sites excluding steroid dienone is 1. The minimum atomic E-state index is -0.912. The molecule has 0 saturated carbocycles. The van der Waals surface area contributed by atoms with E-state index in [1.165, 1.54) is 0 Å². The predicted octanol–water partition coefficient (Wildman–Crippen LogP) is 5.36. The summed E-state index contributed by atoms with van der Waals surface area (Å²) in [6, 6.07) is 16.1. The SMILES string of the molecule is CCOC(=O)C(Oc1ccc2c(c1)O/C(=C\c1sccc1C)C2=O)c1ccccc1. The number of thiophene rings is 1. The average molecular weight is 420 g/mol. The average Bonchev–Trinajstić information content (AvgIpc) is 3.30. The zero-order valence-corrected chi connectivity index (χ0v) is 17.4. The van der Waals surface area contributed by atoms with E-state index < -0.39 is 12.1 Å². The van der Waals surface area contributed by atoms with Crippen LogP contribution in [0.4, 0.5) is 0 Å². The van der Waals surface area contributed by atoms with Crippen molar-refractivity contribution < 1.29 is 23.8 Å². The second-order valence-corrected chi connectivity index (χ2v) is 7.67. The molecule has 1 atom stereocenters. The number of hydrogen-bond donors (Lipinski definition) is 0. The summed E-state index contributed by atoms with van der Waals surface area (Å²) in [6.45, 7) is 3.99. The first-order valence-corrected chi connectivity index (χ1v) is 10.5. The van der Waals surface area contributed by atoms with Crippen LogP contribution in [0, 0.1) is 6.92 Å². The molecule has 1 aliphatic rings. The molecule has 5 nitrogen and oxygen atoms in total. The Balaban J connectivity index is 1.60. The molecule has 1 aromatic heterocycles. The van der Waals surface area contributed by atoms with E-state index in [2.05, 4.69) is 0 Å². The third-order valence-electron chi connectivity index (χ3n) is 4.66. The monoisotopic (exact) mass is 420 g/mol. The summed E-state index contributed by atoms with van der Waals surface area (Å²) in [4.78, 5) is 26.1. The van der Waals surface area contributed by atoms with E-state index in [0.717, 1.165) is 10.4 Å². The van der Waals surface area contributed by atoms with Gasteiger partial charge in [0.15, 0.2) is 5.76 Å². The maximum atomic E-state index is 12.7. The minimum absolute atomic E-state index is 0.172. The Morgan fingerprint density at radius 1 is 1.17 bits per heavy atom. The highest BCUT2D eigenvalue weighted by Gasteiger charge is 2.29. The number of esters is 1. The summed E-state index contributed by atoms with van der Waals surface area (Å²) in [5.74, 6) is 0.452. The fourth-order valence-electron chi connectivity index (χ4n) is 3.13. The fraction of sp³-hybridized carbons (Fsp3) is 0.167. The molecule has 152 valence electrons. The quantitative estimate of drug-likeness (QED) is 0.397. The molecule has 1 aliphatic heterocycles. The lowest BCUT2D eigenvalue weighted by Crippen LogP contribution is -2.21. The summed E-state index contributed by atoms with van der Waals surface area (Å²) in [5, 5.41) is 1.97. The van der Waals surface area contributed by atoms with Crippen molar-refractivity contribution in [1.82, 2.24) is 0 Å². The second-order valence-electron chi connectivity index (χ2n) is 6.73. The lowest BCUT2D eigenvalue weighted by molar-refractivity contribution is -0.151. The zero-order chi connectivity index (χ0) is 21.1. The highest BCUT2D eigenvalue weighted by atomic mass is 32.1. The van der Waals surface area contributed by atoms with E-state index >= 15 is 0 Å². The first-order valence-electron chi connectivity index (χ1n) is 9.57. The van der Waals surface area contributed by atoms with Crippen LogP contribution < -0.4 is 9.47 Å². The smallest absolute Gasteiger partial charge is 0.352 e. The summed E-state index contributed by atoms with van der Waals surface area (Å²) in [6.07, 6.45) is 0.846. The largest absolute Gasteiger partial charge is 0.474 e. The van der Waals surface area contributed by atoms with E-state index in [-0.39, 0.29) is 18.1 Å². The van der Waals surface area contributed by atoms with Crippen molar-refractivity contribution in [3.8, 4) is 11.5 Å². The van der Waals surface area contributed by atoms with E-state index in [4.69, 9.17) is 14.2 Å². The molecule has 0 spiro atoms. The number of rotatable bonds is 6. The number of hydrogen-bond acceptors (Lipinski definition) is 6. The molecular formula is C24H20O5S. The molecule has 0 amide bonds. The van der Waals surface area contributed by atoms with Crippen LogP contribution in [0.3, 0.4) is 0 Å². The summed E-state index contributed by atoms with van der Waals surface area (Å²) < 4.78 is 16.9. The van der Waals surface area contributed by atoms with Gasteiger partial charge < -0.3 is 14.2 Å². The summed E-state index contributed by atoms with van der Waals surface area (Å²) in [7, 11) is 0. The van der Waals surface area contributed by atoms with Gasteiger partial charge in [0.05, 0.1) is 12.2 Å². The highest BCUT2D eigenvalue weighted by Crippen LogP contribution is 2.37. The van der Waals surface area contributed by atoms with Crippen LogP contribution in [0.15, 0.2) is 65.7 Å². The Hall–Kier alpha value is -3.38. The molecule has 30 heavy (non-hydrogen) atoms. The van der Waals surface area contributed by atoms with Gasteiger partial charge in [-0.3, -0.25) is 4.79 Å². The lowest BCUT2D eigenvalue weighted by Gasteiger charge is -2.18. The van der Waals surface area contributed by atoms with Crippen LogP contribution in [0.5, 0.6) is 11.5 Å². The Kier molecular flexibility index (Phi) is 5.68. The standard InChI is InChI=1S/C24H20O5S/c1-3-27-24(26)23(16-7-5-4-6-8-16)28-17-9-10-18-19(13-17)29-20(22(18)25)14-21-15(2)11-12-30-21/h4-14,23H,3H2,1-2H3/b20-14-. The lowest BCUT2D eigenvalue weighted by atomic mass is 10.1. The molecule has 1 unspecified atom stereocenters. The number of carbonyl (C=O) groups excluding carboxylic acids is 2. The highest BCUT2D eigenvalue weighted by molar-refractivity contribution is 7.11. The number of fused-ring (bicyclic) bond motifs is 1. The summed E-state index contributed by atoms with van der Waals surface area (Å²) >= 11 is 1.55. The molecular weight excluding hydrogens is 400 g/mol. The number of ketones is 1. The van der Waals surface area contributed by atoms with Gasteiger partial charge in [-0.1, -0.05) is 30.3 Å². The van der Waals surface area contributed by atoms with Gasteiger partial charge in [0.1, 0.15) is 11.5 Å². The Morgan fingerprint density at radius 2 is 1.97 bits per heavy atom. The Bertz CT molecular complexity index is 1110. The van der Waals surface area contributed by atoms with Gasteiger partial charge in [-0.05, 0) is 43.0 Å². The van der Waals surface area contributed by atoms with Gasteiger partial charge in [0, 0.05) is 22.6 Å². The predicted molar refractivity (Wildman–Crippen MR) is 115 cm³/mol. The van der Waals surface area contributed by atoms with Crippen molar-refractivity contribution in [2.24, 2.45) is 0 Å². The van der Waals surface area contributed by atoms with Crippen molar-refractivity contribution in [3.05, 3.63) is 87.3 Å². The van der Waals surface area contributed by atoms with Gasteiger partial charge in [0.25, 0.3) is 0 Å². The van der Waals surface area contributed by atoms with Crippen LogP contribution in [0.25, 0.3) is 6.08 Å². The van der Waals surface area contributed by atoms with Crippen molar-refractivity contribution in [1.29, 1.82) is 0 Å². The van der Waals surface area contributed by atoms with Crippen molar-refractivity contribution >= 4 is 29.2 Å². The molecule has 4 rings (SSSR count). The van der Waals surface area contributed by atoms with Crippen molar-refractivity contribution in [2.75, 3.05) is 6.61 Å². The van der Waals surface area contributed by atoms with Gasteiger partial charge in [-0.25, -0.2) is 4.79 Å². The first kappa shape index (κ1) is 19.9. The molecule has 2 aromatic carbocycles. The molecule has 0 bridgehead atoms. The van der Waals surface area contributed by atoms with Crippen LogP contribution in [-0.4, -0.2) is 18.4 Å². The third kappa shape index (κ3) is 4.00. The second kappa shape index (κ2) is 8.55. The van der Waals surface area contributed by atoms with Gasteiger partial charge >= 0.3 is 5.97 Å². The van der Waals surface area contributed by atoms with Crippen LogP contribution in [-0.2, 0) is 9.53 Å². The van der Waals surface area contributed by atoms with E-state index in [0.29, 0.717) is 22.6 Å². The minimum Gasteiger partial charge on any atom is -0.474 e.